The van der Waals surface area contributed by atoms with Crippen LogP contribution in [0.1, 0.15) is 49.7 Å². The fraction of sp³-hybridized carbons (Fsp3) is 0.450. The van der Waals surface area contributed by atoms with Gasteiger partial charge in [-0.25, -0.2) is 0 Å². The maximum Gasteiger partial charge on any atom is 0.310 e. The summed E-state index contributed by atoms with van der Waals surface area (Å²) in [6.07, 6.45) is 9.02. The zero-order valence-electron chi connectivity index (χ0n) is 15.0. The molecule has 0 unspecified atom stereocenters. The molecule has 2 aliphatic rings. The van der Waals surface area contributed by atoms with Crippen LogP contribution in [0.15, 0.2) is 23.1 Å². The van der Waals surface area contributed by atoms with Gasteiger partial charge in [-0.15, -0.1) is 0 Å². The van der Waals surface area contributed by atoms with Gasteiger partial charge in [0.05, 0.1) is 17.9 Å². The first-order valence-corrected chi connectivity index (χ1v) is 10.4. The number of hydrogen-bond acceptors (Lipinski definition) is 5. The lowest BCUT2D eigenvalue weighted by atomic mass is 9.87. The maximum atomic E-state index is 12.1. The van der Waals surface area contributed by atoms with Gasteiger partial charge in [-0.1, -0.05) is 55.8 Å². The Hall–Kier alpha value is -1.79. The molecule has 2 fully saturated rings. The molecule has 7 heteroatoms. The van der Waals surface area contributed by atoms with Gasteiger partial charge in [0.15, 0.2) is 0 Å². The van der Waals surface area contributed by atoms with Gasteiger partial charge in [0, 0.05) is 5.02 Å². The highest BCUT2D eigenvalue weighted by atomic mass is 35.5. The molecule has 0 spiro atoms. The summed E-state index contributed by atoms with van der Waals surface area (Å²) in [5, 5.41) is 2.25. The lowest BCUT2D eigenvalue weighted by molar-refractivity contribution is -0.143. The molecular weight excluding hydrogens is 386 g/mol. The highest BCUT2D eigenvalue weighted by Gasteiger charge is 2.25. The summed E-state index contributed by atoms with van der Waals surface area (Å²) in [5.41, 5.74) is 1.38. The van der Waals surface area contributed by atoms with E-state index in [4.69, 9.17) is 16.3 Å². The van der Waals surface area contributed by atoms with Crippen molar-refractivity contribution >= 4 is 46.6 Å². The van der Waals surface area contributed by atoms with E-state index in [0.29, 0.717) is 33.6 Å². The van der Waals surface area contributed by atoms with E-state index < -0.39 is 5.91 Å². The Labute approximate surface area is 167 Å². The molecule has 0 radical (unpaired) electrons. The molecule has 1 N–H and O–H groups in total. The van der Waals surface area contributed by atoms with E-state index in [1.807, 2.05) is 0 Å². The molecule has 3 rings (SSSR count). The number of benzene rings is 1. The van der Waals surface area contributed by atoms with E-state index in [9.17, 15) is 14.4 Å². The quantitative estimate of drug-likeness (QED) is 0.545. The van der Waals surface area contributed by atoms with Crippen LogP contribution in [0.4, 0.5) is 4.79 Å². The molecule has 2 amide bonds. The number of carbonyl (C=O) groups is 3. The van der Waals surface area contributed by atoms with Gasteiger partial charge in [0.1, 0.15) is 0 Å². The molecule has 1 aliphatic carbocycles. The predicted molar refractivity (Wildman–Crippen MR) is 106 cm³/mol. The van der Waals surface area contributed by atoms with Crippen molar-refractivity contribution < 1.29 is 19.1 Å². The van der Waals surface area contributed by atoms with Crippen molar-refractivity contribution in [2.24, 2.45) is 5.92 Å². The van der Waals surface area contributed by atoms with Crippen LogP contribution in [0.25, 0.3) is 6.08 Å². The Morgan fingerprint density at radius 1 is 1.26 bits per heavy atom. The van der Waals surface area contributed by atoms with Crippen LogP contribution in [0.2, 0.25) is 5.02 Å². The predicted octanol–water partition coefficient (Wildman–Crippen LogP) is 4.72. The molecule has 1 aromatic rings. The van der Waals surface area contributed by atoms with Gasteiger partial charge in [0.2, 0.25) is 0 Å². The molecular formula is C20H22ClNO4S. The van der Waals surface area contributed by atoms with Gasteiger partial charge in [-0.2, -0.15) is 0 Å². The van der Waals surface area contributed by atoms with Gasteiger partial charge < -0.3 is 4.74 Å². The third-order valence-corrected chi connectivity index (χ3v) is 6.03. The molecule has 1 saturated carbocycles. The Balaban J connectivity index is 1.51. The Morgan fingerprint density at radius 3 is 2.70 bits per heavy atom. The van der Waals surface area contributed by atoms with E-state index in [1.54, 1.807) is 24.3 Å². The summed E-state index contributed by atoms with van der Waals surface area (Å²) in [6, 6.07) is 5.19. The van der Waals surface area contributed by atoms with Crippen LogP contribution in [0.3, 0.4) is 0 Å². The summed E-state index contributed by atoms with van der Waals surface area (Å²) < 4.78 is 5.36. The van der Waals surface area contributed by atoms with E-state index in [1.165, 1.54) is 32.1 Å². The van der Waals surface area contributed by atoms with Crippen molar-refractivity contribution in [1.29, 1.82) is 0 Å². The third-order valence-electron chi connectivity index (χ3n) is 4.87. The largest absolute Gasteiger partial charge is 0.465 e. The average molecular weight is 408 g/mol. The highest BCUT2D eigenvalue weighted by molar-refractivity contribution is 8.18. The molecule has 1 aliphatic heterocycles. The molecule has 0 aromatic heterocycles. The average Bonchev–Trinajstić information content (AvgIpc) is 2.95. The van der Waals surface area contributed by atoms with E-state index in [2.05, 4.69) is 5.32 Å². The number of imide groups is 1. The highest BCUT2D eigenvalue weighted by Crippen LogP contribution is 2.28. The van der Waals surface area contributed by atoms with Crippen molar-refractivity contribution in [3.05, 3.63) is 39.3 Å². The summed E-state index contributed by atoms with van der Waals surface area (Å²) in [7, 11) is 0. The molecule has 27 heavy (non-hydrogen) atoms. The first kappa shape index (κ1) is 20.0. The molecule has 1 heterocycles. The van der Waals surface area contributed by atoms with Gasteiger partial charge in [0.25, 0.3) is 11.1 Å². The second-order valence-electron chi connectivity index (χ2n) is 6.89. The Kier molecular flexibility index (Phi) is 6.96. The number of hydrogen-bond donors (Lipinski definition) is 1. The van der Waals surface area contributed by atoms with Crippen LogP contribution in [0, 0.1) is 5.92 Å². The first-order chi connectivity index (χ1) is 13.0. The van der Waals surface area contributed by atoms with Crippen LogP contribution >= 0.6 is 23.4 Å². The molecule has 5 nitrogen and oxygen atoms in total. The topological polar surface area (TPSA) is 72.5 Å². The monoisotopic (exact) mass is 407 g/mol. The number of nitrogens with one attached hydrogen (secondary N) is 1. The van der Waals surface area contributed by atoms with E-state index in [-0.39, 0.29) is 17.6 Å². The number of amides is 2. The number of thioether (sulfide) groups is 1. The van der Waals surface area contributed by atoms with Crippen LogP contribution < -0.4 is 5.32 Å². The maximum absolute atomic E-state index is 12.1. The second-order valence-corrected chi connectivity index (χ2v) is 8.31. The van der Waals surface area contributed by atoms with Crippen LogP contribution in [0.5, 0.6) is 0 Å². The van der Waals surface area contributed by atoms with Gasteiger partial charge >= 0.3 is 5.97 Å². The lowest BCUT2D eigenvalue weighted by Gasteiger charge is -2.21. The minimum absolute atomic E-state index is 0.119. The summed E-state index contributed by atoms with van der Waals surface area (Å²) in [4.78, 5) is 35.2. The SMILES string of the molecule is O=C(Cc1ccc(/C=C2\SC(=O)NC2=O)cc1Cl)OCCC1CCCCC1. The Bertz CT molecular complexity index is 771. The minimum atomic E-state index is -0.410. The van der Waals surface area contributed by atoms with Gasteiger partial charge in [-0.3, -0.25) is 19.7 Å². The fourth-order valence-electron chi connectivity index (χ4n) is 3.39. The zero-order valence-corrected chi connectivity index (χ0v) is 16.5. The number of esters is 1. The van der Waals surface area contributed by atoms with Gasteiger partial charge in [-0.05, 0) is 47.4 Å². The summed E-state index contributed by atoms with van der Waals surface area (Å²) in [5.74, 6) is -0.0122. The number of carbonyl (C=O) groups excluding carboxylic acids is 3. The lowest BCUT2D eigenvalue weighted by Crippen LogP contribution is -2.17. The van der Waals surface area contributed by atoms with Crippen LogP contribution in [-0.2, 0) is 20.7 Å². The number of rotatable bonds is 6. The van der Waals surface area contributed by atoms with Crippen LogP contribution in [-0.4, -0.2) is 23.7 Å². The van der Waals surface area contributed by atoms with Crippen molar-refractivity contribution in [1.82, 2.24) is 5.32 Å². The molecule has 0 atom stereocenters. The standard InChI is InChI=1S/C20H22ClNO4S/c21-16-10-14(11-17-19(24)22-20(25)27-17)6-7-15(16)12-18(23)26-9-8-13-4-2-1-3-5-13/h6-7,10-11,13H,1-5,8-9,12H2,(H,22,24,25)/b17-11-. The van der Waals surface area contributed by atoms with E-state index in [0.717, 1.165) is 18.2 Å². The summed E-state index contributed by atoms with van der Waals surface area (Å²) >= 11 is 7.12. The summed E-state index contributed by atoms with van der Waals surface area (Å²) in [6.45, 7) is 0.464. The number of ether oxygens (including phenoxy) is 1. The number of halogens is 1. The van der Waals surface area contributed by atoms with Crippen molar-refractivity contribution in [3.63, 3.8) is 0 Å². The molecule has 1 aromatic carbocycles. The fourth-order valence-corrected chi connectivity index (χ4v) is 4.33. The zero-order chi connectivity index (χ0) is 19.2. The first-order valence-electron chi connectivity index (χ1n) is 9.20. The smallest absolute Gasteiger partial charge is 0.310 e. The minimum Gasteiger partial charge on any atom is -0.465 e. The van der Waals surface area contributed by atoms with Crippen molar-refractivity contribution in [2.75, 3.05) is 6.61 Å². The Morgan fingerprint density at radius 2 is 2.04 bits per heavy atom. The normalized spacial score (nSPS) is 19.4. The van der Waals surface area contributed by atoms with E-state index >= 15 is 0 Å². The van der Waals surface area contributed by atoms with Crippen molar-refractivity contribution in [3.8, 4) is 0 Å². The molecule has 1 saturated heterocycles. The molecule has 144 valence electrons. The third kappa shape index (κ3) is 5.84. The van der Waals surface area contributed by atoms with Crippen molar-refractivity contribution in [2.45, 2.75) is 44.9 Å². The second kappa shape index (κ2) is 9.42. The molecule has 0 bridgehead atoms.